The number of aliphatic hydroxyl groups excluding tert-OH is 2. The van der Waals surface area contributed by atoms with Gasteiger partial charge < -0.3 is 20.3 Å². The average Bonchev–Trinajstić information content (AvgIpc) is 2.84. The molecule has 0 amide bonds. The van der Waals surface area contributed by atoms with Gasteiger partial charge in [0.2, 0.25) is 0 Å². The molecular weight excluding hydrogens is 306 g/mol. The Morgan fingerprint density at radius 1 is 1.42 bits per heavy atom. The van der Waals surface area contributed by atoms with Crippen LogP contribution in [0.2, 0.25) is 0 Å². The average molecular weight is 338 g/mol. The molecule has 0 aromatic carbocycles. The molecule has 0 aromatic heterocycles. The maximum atomic E-state index is 12.4. The molecule has 3 aliphatic rings. The molecular formula is C19H32NO4+. The van der Waals surface area contributed by atoms with Gasteiger partial charge in [-0.2, -0.15) is 0 Å². The summed E-state index contributed by atoms with van der Waals surface area (Å²) in [5, 5.41) is 20.8. The molecule has 0 unspecified atom stereocenters. The highest BCUT2D eigenvalue weighted by Crippen LogP contribution is 2.56. The summed E-state index contributed by atoms with van der Waals surface area (Å²) in [7, 11) is 0. The van der Waals surface area contributed by atoms with Gasteiger partial charge in [-0.05, 0) is 50.4 Å². The Morgan fingerprint density at radius 2 is 2.12 bits per heavy atom. The first-order valence-electron chi connectivity index (χ1n) is 9.26. The summed E-state index contributed by atoms with van der Waals surface area (Å²) in [6, 6.07) is 0. The monoisotopic (exact) mass is 338 g/mol. The number of carbonyl (C=O) groups is 1. The van der Waals surface area contributed by atoms with E-state index in [1.807, 2.05) is 12.2 Å². The fourth-order valence-corrected chi connectivity index (χ4v) is 5.12. The number of quaternary nitrogens is 1. The van der Waals surface area contributed by atoms with Crippen molar-refractivity contribution in [2.75, 3.05) is 19.8 Å². The van der Waals surface area contributed by atoms with E-state index in [-0.39, 0.29) is 42.5 Å². The van der Waals surface area contributed by atoms with Crippen LogP contribution in [0.5, 0.6) is 0 Å². The summed E-state index contributed by atoms with van der Waals surface area (Å²) >= 11 is 0. The number of esters is 1. The molecule has 5 nitrogen and oxygen atoms in total. The van der Waals surface area contributed by atoms with E-state index in [4.69, 9.17) is 4.74 Å². The molecule has 136 valence electrons. The third kappa shape index (κ3) is 3.02. The highest BCUT2D eigenvalue weighted by molar-refractivity contribution is 5.75. The maximum Gasteiger partial charge on any atom is 0.315 e. The molecule has 5 atom stereocenters. The van der Waals surface area contributed by atoms with E-state index in [1.54, 1.807) is 0 Å². The number of hydrogen-bond acceptors (Lipinski definition) is 4. The number of fused-ring (bicyclic) bond motifs is 2. The fraction of sp³-hybridized carbons (Fsp3) is 0.842. The minimum atomic E-state index is -0.643. The van der Waals surface area contributed by atoms with Crippen molar-refractivity contribution >= 4 is 5.97 Å². The Balaban J connectivity index is 1.72. The summed E-state index contributed by atoms with van der Waals surface area (Å²) in [6.07, 6.45) is 5.45. The predicted molar refractivity (Wildman–Crippen MR) is 90.1 cm³/mol. The van der Waals surface area contributed by atoms with Crippen LogP contribution in [0.1, 0.15) is 46.0 Å². The standard InChI is InChI=1S/C19H31NO4/c1-12-5-4-6-18(2)8-16-13(7-15(12)18)14(17(23)24-16)9-20-19(3,10-21)11-22/h13-16,20-22H,1,4-11H2,2-3H3/p+1/t13-,14+,15-,16-,18-/m1/s1. The molecule has 1 aliphatic heterocycles. The Morgan fingerprint density at radius 3 is 2.79 bits per heavy atom. The van der Waals surface area contributed by atoms with Gasteiger partial charge >= 0.3 is 5.97 Å². The minimum absolute atomic E-state index is 0.0255. The van der Waals surface area contributed by atoms with Crippen LogP contribution in [0.4, 0.5) is 0 Å². The van der Waals surface area contributed by atoms with Gasteiger partial charge in [-0.15, -0.1) is 0 Å². The van der Waals surface area contributed by atoms with Crippen molar-refractivity contribution in [3.05, 3.63) is 12.2 Å². The normalized spacial score (nSPS) is 39.3. The van der Waals surface area contributed by atoms with Gasteiger partial charge in [0.1, 0.15) is 17.6 Å². The van der Waals surface area contributed by atoms with Crippen LogP contribution in [0, 0.1) is 23.2 Å². The molecule has 1 saturated heterocycles. The first-order chi connectivity index (χ1) is 11.3. The molecule has 3 fully saturated rings. The topological polar surface area (TPSA) is 83.4 Å². The number of ether oxygens (including phenoxy) is 1. The first kappa shape index (κ1) is 17.9. The molecule has 4 N–H and O–H groups in total. The van der Waals surface area contributed by atoms with E-state index in [9.17, 15) is 15.0 Å². The molecule has 0 spiro atoms. The van der Waals surface area contributed by atoms with Crippen LogP contribution in [-0.2, 0) is 9.53 Å². The molecule has 0 radical (unpaired) electrons. The van der Waals surface area contributed by atoms with Crippen molar-refractivity contribution < 1.29 is 25.1 Å². The summed E-state index contributed by atoms with van der Waals surface area (Å²) in [5.41, 5.74) is 0.927. The number of aliphatic hydroxyl groups is 2. The van der Waals surface area contributed by atoms with E-state index in [0.29, 0.717) is 12.5 Å². The van der Waals surface area contributed by atoms with Gasteiger partial charge in [0.25, 0.3) is 0 Å². The summed E-state index contributed by atoms with van der Waals surface area (Å²) in [5.74, 6) is 0.480. The van der Waals surface area contributed by atoms with Gasteiger partial charge in [-0.3, -0.25) is 4.79 Å². The van der Waals surface area contributed by atoms with Gasteiger partial charge in [-0.25, -0.2) is 0 Å². The zero-order valence-electron chi connectivity index (χ0n) is 15.0. The number of nitrogens with two attached hydrogens (primary N) is 1. The Hall–Kier alpha value is -0.910. The quantitative estimate of drug-likeness (QED) is 0.507. The van der Waals surface area contributed by atoms with Crippen LogP contribution < -0.4 is 5.32 Å². The van der Waals surface area contributed by atoms with E-state index in [2.05, 4.69) is 13.5 Å². The summed E-state index contributed by atoms with van der Waals surface area (Å²) in [6.45, 7) is 8.79. The Kier molecular flexibility index (Phi) is 4.80. The van der Waals surface area contributed by atoms with Crippen LogP contribution in [0.15, 0.2) is 12.2 Å². The molecule has 2 aliphatic carbocycles. The Labute approximate surface area is 144 Å². The molecule has 5 heteroatoms. The van der Waals surface area contributed by atoms with Crippen molar-refractivity contribution in [1.29, 1.82) is 0 Å². The summed E-state index contributed by atoms with van der Waals surface area (Å²) in [4.78, 5) is 12.4. The number of hydrogen-bond donors (Lipinski definition) is 3. The zero-order chi connectivity index (χ0) is 17.5. The molecule has 2 saturated carbocycles. The second-order valence-corrected chi connectivity index (χ2v) is 8.81. The number of carbonyl (C=O) groups excluding carboxylic acids is 1. The second-order valence-electron chi connectivity index (χ2n) is 8.81. The van der Waals surface area contributed by atoms with Crippen LogP contribution in [0.25, 0.3) is 0 Å². The molecule has 3 rings (SSSR count). The first-order valence-corrected chi connectivity index (χ1v) is 9.26. The Bertz CT molecular complexity index is 515. The van der Waals surface area contributed by atoms with Gasteiger partial charge in [-0.1, -0.05) is 19.1 Å². The molecule has 0 aromatic rings. The van der Waals surface area contributed by atoms with Crippen LogP contribution >= 0.6 is 0 Å². The highest BCUT2D eigenvalue weighted by atomic mass is 16.6. The van der Waals surface area contributed by atoms with Gasteiger partial charge in [0, 0.05) is 5.92 Å². The molecule has 0 bridgehead atoms. The lowest BCUT2D eigenvalue weighted by atomic mass is 9.55. The zero-order valence-corrected chi connectivity index (χ0v) is 15.0. The smallest absolute Gasteiger partial charge is 0.315 e. The lowest BCUT2D eigenvalue weighted by Gasteiger charge is -2.49. The lowest BCUT2D eigenvalue weighted by molar-refractivity contribution is -0.731. The molecule has 1 heterocycles. The van der Waals surface area contributed by atoms with Gasteiger partial charge in [0.15, 0.2) is 0 Å². The van der Waals surface area contributed by atoms with Crippen molar-refractivity contribution in [2.24, 2.45) is 23.2 Å². The maximum absolute atomic E-state index is 12.4. The minimum Gasteiger partial charge on any atom is -0.462 e. The third-order valence-electron chi connectivity index (χ3n) is 6.91. The highest BCUT2D eigenvalue weighted by Gasteiger charge is 2.55. The third-order valence-corrected chi connectivity index (χ3v) is 6.91. The van der Waals surface area contributed by atoms with Crippen molar-refractivity contribution in [3.8, 4) is 0 Å². The largest absolute Gasteiger partial charge is 0.462 e. The number of allylic oxidation sites excluding steroid dienone is 1. The van der Waals surface area contributed by atoms with E-state index in [1.165, 1.54) is 18.4 Å². The summed E-state index contributed by atoms with van der Waals surface area (Å²) < 4.78 is 5.75. The van der Waals surface area contributed by atoms with E-state index < -0.39 is 5.54 Å². The second kappa shape index (κ2) is 6.43. The molecule has 24 heavy (non-hydrogen) atoms. The van der Waals surface area contributed by atoms with Gasteiger partial charge in [0.05, 0.1) is 19.8 Å². The van der Waals surface area contributed by atoms with Crippen molar-refractivity contribution in [1.82, 2.24) is 0 Å². The fourth-order valence-electron chi connectivity index (χ4n) is 5.12. The van der Waals surface area contributed by atoms with Crippen molar-refractivity contribution in [3.63, 3.8) is 0 Å². The van der Waals surface area contributed by atoms with Crippen LogP contribution in [-0.4, -0.2) is 47.6 Å². The number of rotatable bonds is 5. The SMILES string of the molecule is C=C1CCC[C@]2(C)C[C@H]3OC(=O)[C@@H](C[NH2+]C(C)(CO)CO)[C@H]3C[C@H]12. The lowest BCUT2D eigenvalue weighted by Crippen LogP contribution is -2.99. The predicted octanol–water partition coefficient (Wildman–Crippen LogP) is 0.607. The van der Waals surface area contributed by atoms with Crippen LogP contribution in [0.3, 0.4) is 0 Å². The van der Waals surface area contributed by atoms with Crippen molar-refractivity contribution in [2.45, 2.75) is 57.6 Å². The van der Waals surface area contributed by atoms with E-state index in [0.717, 1.165) is 19.3 Å². The van der Waals surface area contributed by atoms with E-state index >= 15 is 0 Å².